The van der Waals surface area contributed by atoms with Crippen molar-refractivity contribution in [1.29, 1.82) is 0 Å². The summed E-state index contributed by atoms with van der Waals surface area (Å²) in [5.74, 6) is -0.256. The number of benzene rings is 3. The van der Waals surface area contributed by atoms with E-state index in [2.05, 4.69) is 10.4 Å². The van der Waals surface area contributed by atoms with Crippen molar-refractivity contribution in [3.8, 4) is 5.69 Å². The maximum absolute atomic E-state index is 13.3. The lowest BCUT2D eigenvalue weighted by molar-refractivity contribution is -0.128. The van der Waals surface area contributed by atoms with Crippen molar-refractivity contribution < 1.29 is 9.59 Å². The van der Waals surface area contributed by atoms with Crippen LogP contribution in [0.5, 0.6) is 0 Å². The van der Waals surface area contributed by atoms with Crippen molar-refractivity contribution in [2.75, 3.05) is 11.9 Å². The molecule has 0 unspecified atom stereocenters. The van der Waals surface area contributed by atoms with E-state index < -0.39 is 5.91 Å². The van der Waals surface area contributed by atoms with Gasteiger partial charge in [0.25, 0.3) is 11.5 Å². The van der Waals surface area contributed by atoms with Gasteiger partial charge in [0.15, 0.2) is 5.69 Å². The van der Waals surface area contributed by atoms with Crippen LogP contribution in [0.15, 0.2) is 83.7 Å². The van der Waals surface area contributed by atoms with Crippen LogP contribution in [-0.2, 0) is 11.3 Å². The van der Waals surface area contributed by atoms with Gasteiger partial charge in [0.05, 0.1) is 11.1 Å². The van der Waals surface area contributed by atoms with Crippen molar-refractivity contribution in [3.05, 3.63) is 100 Å². The molecule has 0 spiro atoms. The Morgan fingerprint density at radius 1 is 0.909 bits per heavy atom. The first-order valence-electron chi connectivity index (χ1n) is 10.9. The lowest BCUT2D eigenvalue weighted by Crippen LogP contribution is -2.26. The second kappa shape index (κ2) is 8.70. The lowest BCUT2D eigenvalue weighted by Gasteiger charge is -2.16. The summed E-state index contributed by atoms with van der Waals surface area (Å²) in [7, 11) is 0. The van der Waals surface area contributed by atoms with Gasteiger partial charge in [-0.15, -0.1) is 0 Å². The molecule has 0 radical (unpaired) electrons. The number of amides is 2. The fourth-order valence-corrected chi connectivity index (χ4v) is 4.13. The molecule has 1 N–H and O–H groups in total. The number of carbonyl (C=O) groups is 2. The number of hydrogen-bond acceptors (Lipinski definition) is 4. The molecule has 1 aliphatic rings. The molecule has 5 rings (SSSR count). The summed E-state index contributed by atoms with van der Waals surface area (Å²) in [6.07, 6.45) is 1.47. The van der Waals surface area contributed by atoms with E-state index in [4.69, 9.17) is 0 Å². The van der Waals surface area contributed by atoms with Crippen molar-refractivity contribution >= 4 is 28.3 Å². The Hall–Kier alpha value is -4.26. The van der Waals surface area contributed by atoms with Crippen LogP contribution >= 0.6 is 0 Å². The molecule has 2 heterocycles. The summed E-state index contributed by atoms with van der Waals surface area (Å²) in [4.78, 5) is 40.1. The number of para-hydroxylation sites is 1. The third-order valence-electron chi connectivity index (χ3n) is 5.75. The number of hydrogen-bond donors (Lipinski definition) is 1. The Kier molecular flexibility index (Phi) is 5.44. The normalized spacial score (nSPS) is 13.5. The van der Waals surface area contributed by atoms with Gasteiger partial charge >= 0.3 is 0 Å². The van der Waals surface area contributed by atoms with Gasteiger partial charge < -0.3 is 10.2 Å². The van der Waals surface area contributed by atoms with Gasteiger partial charge in [-0.3, -0.25) is 14.4 Å². The molecule has 164 valence electrons. The fourth-order valence-electron chi connectivity index (χ4n) is 4.13. The largest absolute Gasteiger partial charge is 0.338 e. The highest BCUT2D eigenvalue weighted by molar-refractivity contribution is 6.11. The fraction of sp³-hybridized carbons (Fsp3) is 0.154. The average molecular weight is 438 g/mol. The number of fused-ring (bicyclic) bond motifs is 1. The molecule has 4 aromatic rings. The van der Waals surface area contributed by atoms with E-state index in [0.717, 1.165) is 18.5 Å². The predicted molar refractivity (Wildman–Crippen MR) is 126 cm³/mol. The molecule has 0 bridgehead atoms. The van der Waals surface area contributed by atoms with Crippen molar-refractivity contribution in [1.82, 2.24) is 14.7 Å². The highest BCUT2D eigenvalue weighted by Crippen LogP contribution is 2.20. The standard InChI is InChI=1S/C26H22N4O3/c31-23-14-7-15-29(23)17-18-8-6-9-19(16-18)27-25(32)24-21-12-4-5-13-22(21)26(33)30(28-24)20-10-2-1-3-11-20/h1-6,8-13,16H,7,14-15,17H2,(H,27,32). The van der Waals surface area contributed by atoms with Crippen LogP contribution in [-0.4, -0.2) is 33.0 Å². The van der Waals surface area contributed by atoms with Gasteiger partial charge in [-0.05, 0) is 42.3 Å². The molecule has 1 fully saturated rings. The number of carbonyl (C=O) groups excluding carboxylic acids is 2. The molecule has 0 atom stereocenters. The number of aromatic nitrogens is 2. The van der Waals surface area contributed by atoms with E-state index in [1.807, 2.05) is 41.3 Å². The zero-order valence-corrected chi connectivity index (χ0v) is 17.9. The molecule has 0 aliphatic carbocycles. The van der Waals surface area contributed by atoms with Gasteiger partial charge in [-0.1, -0.05) is 48.5 Å². The smallest absolute Gasteiger partial charge is 0.279 e. The van der Waals surface area contributed by atoms with Crippen LogP contribution in [0.2, 0.25) is 0 Å². The van der Waals surface area contributed by atoms with E-state index in [9.17, 15) is 14.4 Å². The minimum absolute atomic E-state index is 0.156. The van der Waals surface area contributed by atoms with Crippen molar-refractivity contribution in [2.24, 2.45) is 0 Å². The van der Waals surface area contributed by atoms with Crippen LogP contribution in [0.4, 0.5) is 5.69 Å². The summed E-state index contributed by atoms with van der Waals surface area (Å²) in [5.41, 5.74) is 2.00. The zero-order valence-electron chi connectivity index (χ0n) is 17.9. The van der Waals surface area contributed by atoms with Crippen LogP contribution in [0.1, 0.15) is 28.9 Å². The summed E-state index contributed by atoms with van der Waals surface area (Å²) in [5, 5.41) is 8.24. The monoisotopic (exact) mass is 438 g/mol. The molecule has 2 amide bonds. The Morgan fingerprint density at radius 2 is 1.67 bits per heavy atom. The van der Waals surface area contributed by atoms with Gasteiger partial charge in [0.1, 0.15) is 0 Å². The Balaban J connectivity index is 1.49. The molecule has 7 nitrogen and oxygen atoms in total. The maximum Gasteiger partial charge on any atom is 0.279 e. The van der Waals surface area contributed by atoms with Crippen molar-refractivity contribution in [3.63, 3.8) is 0 Å². The Bertz CT molecular complexity index is 1410. The average Bonchev–Trinajstić information content (AvgIpc) is 3.24. The van der Waals surface area contributed by atoms with Gasteiger partial charge in [0, 0.05) is 30.6 Å². The quantitative estimate of drug-likeness (QED) is 0.514. The minimum atomic E-state index is -0.412. The zero-order chi connectivity index (χ0) is 22.8. The molecule has 7 heteroatoms. The molecular formula is C26H22N4O3. The van der Waals surface area contributed by atoms with E-state index in [-0.39, 0.29) is 17.2 Å². The van der Waals surface area contributed by atoms with Crippen LogP contribution < -0.4 is 10.9 Å². The van der Waals surface area contributed by atoms with E-state index in [1.165, 1.54) is 4.68 Å². The topological polar surface area (TPSA) is 84.3 Å². The number of rotatable bonds is 5. The molecular weight excluding hydrogens is 416 g/mol. The predicted octanol–water partition coefficient (Wildman–Crippen LogP) is 3.76. The summed E-state index contributed by atoms with van der Waals surface area (Å²) in [6.45, 7) is 1.27. The summed E-state index contributed by atoms with van der Waals surface area (Å²) in [6, 6.07) is 23.4. The summed E-state index contributed by atoms with van der Waals surface area (Å²) < 4.78 is 1.26. The van der Waals surface area contributed by atoms with Crippen molar-refractivity contribution in [2.45, 2.75) is 19.4 Å². The first-order valence-corrected chi connectivity index (χ1v) is 10.9. The highest BCUT2D eigenvalue weighted by atomic mass is 16.2. The van der Waals surface area contributed by atoms with Crippen LogP contribution in [0.3, 0.4) is 0 Å². The van der Waals surface area contributed by atoms with Gasteiger partial charge in [-0.25, -0.2) is 0 Å². The maximum atomic E-state index is 13.3. The third-order valence-corrected chi connectivity index (χ3v) is 5.75. The lowest BCUT2D eigenvalue weighted by atomic mass is 10.1. The molecule has 1 saturated heterocycles. The van der Waals surface area contributed by atoms with Gasteiger partial charge in [0.2, 0.25) is 5.91 Å². The highest BCUT2D eigenvalue weighted by Gasteiger charge is 2.21. The number of anilines is 1. The number of likely N-dealkylation sites (tertiary alicyclic amines) is 1. The Labute approximate surface area is 190 Å². The van der Waals surface area contributed by atoms with Gasteiger partial charge in [-0.2, -0.15) is 9.78 Å². The number of nitrogens with one attached hydrogen (secondary N) is 1. The van der Waals surface area contributed by atoms with E-state index in [0.29, 0.717) is 35.1 Å². The van der Waals surface area contributed by atoms with E-state index in [1.54, 1.807) is 42.5 Å². The second-order valence-electron chi connectivity index (χ2n) is 8.02. The van der Waals surface area contributed by atoms with Crippen LogP contribution in [0, 0.1) is 0 Å². The number of nitrogens with zero attached hydrogens (tertiary/aromatic N) is 3. The minimum Gasteiger partial charge on any atom is -0.338 e. The molecule has 3 aromatic carbocycles. The third kappa shape index (κ3) is 4.13. The molecule has 33 heavy (non-hydrogen) atoms. The molecule has 1 aromatic heterocycles. The first kappa shape index (κ1) is 20.6. The molecule has 0 saturated carbocycles. The Morgan fingerprint density at radius 3 is 2.42 bits per heavy atom. The molecule has 1 aliphatic heterocycles. The van der Waals surface area contributed by atoms with Crippen LogP contribution in [0.25, 0.3) is 16.5 Å². The SMILES string of the molecule is O=C(Nc1cccc(CN2CCCC2=O)c1)c1nn(-c2ccccc2)c(=O)c2ccccc12. The first-order chi connectivity index (χ1) is 16.1. The second-order valence-corrected chi connectivity index (χ2v) is 8.02. The van der Waals surface area contributed by atoms with E-state index >= 15 is 0 Å². The summed E-state index contributed by atoms with van der Waals surface area (Å²) >= 11 is 0.